The number of carbonyl (C=O) groups is 1. The van der Waals surface area contributed by atoms with Crippen molar-refractivity contribution >= 4 is 5.78 Å². The van der Waals surface area contributed by atoms with Gasteiger partial charge in [0.2, 0.25) is 0 Å². The standard InChI is InChI=1S/C20H34O/c1-2-3-4-5-6-7-8-19(21)15-20-12-16-9-17(13-20)11-18(10-16)14-20/h16-18H,2-15H2,1H3. The van der Waals surface area contributed by atoms with Gasteiger partial charge in [0.25, 0.3) is 0 Å². The molecule has 1 nitrogen and oxygen atoms in total. The molecule has 4 aliphatic carbocycles. The molecule has 4 fully saturated rings. The van der Waals surface area contributed by atoms with E-state index in [1.807, 2.05) is 0 Å². The normalized spacial score (nSPS) is 37.1. The quantitative estimate of drug-likeness (QED) is 0.482. The molecule has 0 amide bonds. The lowest BCUT2D eigenvalue weighted by Gasteiger charge is -2.56. The van der Waals surface area contributed by atoms with Gasteiger partial charge >= 0.3 is 0 Å². The maximum Gasteiger partial charge on any atom is 0.133 e. The highest BCUT2D eigenvalue weighted by Gasteiger charge is 2.51. The molecule has 4 saturated carbocycles. The summed E-state index contributed by atoms with van der Waals surface area (Å²) in [7, 11) is 0. The fraction of sp³-hybridized carbons (Fsp3) is 0.950. The van der Waals surface area contributed by atoms with Gasteiger partial charge in [-0.25, -0.2) is 0 Å². The molecule has 0 saturated heterocycles. The van der Waals surface area contributed by atoms with Gasteiger partial charge in [0.15, 0.2) is 0 Å². The van der Waals surface area contributed by atoms with Gasteiger partial charge in [-0.2, -0.15) is 0 Å². The lowest BCUT2D eigenvalue weighted by molar-refractivity contribution is -0.127. The number of hydrogen-bond donors (Lipinski definition) is 0. The fourth-order valence-corrected chi connectivity index (χ4v) is 6.12. The van der Waals surface area contributed by atoms with Crippen LogP contribution in [0.2, 0.25) is 0 Å². The lowest BCUT2D eigenvalue weighted by atomic mass is 9.48. The van der Waals surface area contributed by atoms with Crippen LogP contribution in [0.5, 0.6) is 0 Å². The van der Waals surface area contributed by atoms with Gasteiger partial charge in [-0.1, -0.05) is 39.0 Å². The second-order valence-corrected chi connectivity index (χ2v) is 8.65. The van der Waals surface area contributed by atoms with Crippen molar-refractivity contribution in [2.45, 2.75) is 96.8 Å². The molecule has 4 bridgehead atoms. The SMILES string of the molecule is CCCCCCCCC(=O)CC12CC3CC(CC(C3)C1)C2. The first-order valence-corrected chi connectivity index (χ1v) is 9.71. The predicted octanol–water partition coefficient (Wildman–Crippen LogP) is 5.91. The Balaban J connectivity index is 1.39. The van der Waals surface area contributed by atoms with E-state index in [1.165, 1.54) is 70.6 Å². The van der Waals surface area contributed by atoms with Crippen LogP contribution in [-0.4, -0.2) is 5.78 Å². The fourth-order valence-electron chi connectivity index (χ4n) is 6.12. The third-order valence-corrected chi connectivity index (χ3v) is 6.55. The van der Waals surface area contributed by atoms with Gasteiger partial charge in [-0.15, -0.1) is 0 Å². The summed E-state index contributed by atoms with van der Waals surface area (Å²) in [5.41, 5.74) is 0.466. The Morgan fingerprint density at radius 3 is 1.95 bits per heavy atom. The average molecular weight is 290 g/mol. The highest BCUT2D eigenvalue weighted by atomic mass is 16.1. The zero-order valence-electron chi connectivity index (χ0n) is 14.0. The van der Waals surface area contributed by atoms with Crippen molar-refractivity contribution in [2.24, 2.45) is 23.2 Å². The molecule has 0 aliphatic heterocycles. The minimum Gasteiger partial charge on any atom is -0.300 e. The Labute approximate surface area is 131 Å². The van der Waals surface area contributed by atoms with Crippen LogP contribution < -0.4 is 0 Å². The third-order valence-electron chi connectivity index (χ3n) is 6.55. The number of unbranched alkanes of at least 4 members (excludes halogenated alkanes) is 5. The molecule has 0 N–H and O–H groups in total. The molecule has 1 heteroatoms. The van der Waals surface area contributed by atoms with Crippen LogP contribution in [0.25, 0.3) is 0 Å². The van der Waals surface area contributed by atoms with Crippen molar-refractivity contribution in [3.05, 3.63) is 0 Å². The van der Waals surface area contributed by atoms with Crippen molar-refractivity contribution in [1.82, 2.24) is 0 Å². The second kappa shape index (κ2) is 6.84. The first-order valence-electron chi connectivity index (χ1n) is 9.71. The Morgan fingerprint density at radius 2 is 1.38 bits per heavy atom. The van der Waals surface area contributed by atoms with Crippen LogP contribution in [0.3, 0.4) is 0 Å². The lowest BCUT2D eigenvalue weighted by Crippen LogP contribution is -2.46. The Kier molecular flexibility index (Phi) is 5.07. The molecule has 0 spiro atoms. The summed E-state index contributed by atoms with van der Waals surface area (Å²) in [6.07, 6.45) is 18.2. The average Bonchev–Trinajstić information content (AvgIpc) is 2.40. The van der Waals surface area contributed by atoms with Crippen LogP contribution >= 0.6 is 0 Å². The highest BCUT2D eigenvalue weighted by Crippen LogP contribution is 2.61. The minimum atomic E-state index is 0.466. The van der Waals surface area contributed by atoms with Crippen LogP contribution in [0.15, 0.2) is 0 Å². The number of ketones is 1. The van der Waals surface area contributed by atoms with Crippen LogP contribution in [0, 0.1) is 23.2 Å². The van der Waals surface area contributed by atoms with E-state index in [9.17, 15) is 4.79 Å². The molecular formula is C20H34O. The Morgan fingerprint density at radius 1 is 0.857 bits per heavy atom. The molecule has 21 heavy (non-hydrogen) atoms. The van der Waals surface area contributed by atoms with E-state index < -0.39 is 0 Å². The van der Waals surface area contributed by atoms with E-state index in [4.69, 9.17) is 0 Å². The number of rotatable bonds is 9. The monoisotopic (exact) mass is 290 g/mol. The van der Waals surface area contributed by atoms with E-state index in [2.05, 4.69) is 6.92 Å². The molecule has 0 aromatic rings. The molecular weight excluding hydrogens is 256 g/mol. The maximum absolute atomic E-state index is 12.4. The van der Waals surface area contributed by atoms with Crippen LogP contribution in [0.4, 0.5) is 0 Å². The van der Waals surface area contributed by atoms with Gasteiger partial charge in [0, 0.05) is 12.8 Å². The first-order chi connectivity index (χ1) is 10.2. The molecule has 0 heterocycles. The second-order valence-electron chi connectivity index (χ2n) is 8.65. The van der Waals surface area contributed by atoms with Gasteiger partial charge in [-0.3, -0.25) is 4.79 Å². The first kappa shape index (κ1) is 15.6. The molecule has 120 valence electrons. The number of carbonyl (C=O) groups excluding carboxylic acids is 1. The summed E-state index contributed by atoms with van der Waals surface area (Å²) in [4.78, 5) is 12.4. The molecule has 0 radical (unpaired) electrons. The Bertz CT molecular complexity index is 322. The largest absolute Gasteiger partial charge is 0.300 e. The molecule has 4 aliphatic rings. The van der Waals surface area contributed by atoms with Crippen LogP contribution in [-0.2, 0) is 4.79 Å². The summed E-state index contributed by atoms with van der Waals surface area (Å²) >= 11 is 0. The van der Waals surface area contributed by atoms with E-state index >= 15 is 0 Å². The van der Waals surface area contributed by atoms with Crippen LogP contribution in [0.1, 0.15) is 96.8 Å². The van der Waals surface area contributed by atoms with Crippen molar-refractivity contribution in [3.8, 4) is 0 Å². The molecule has 0 aromatic carbocycles. The molecule has 0 aromatic heterocycles. The molecule has 0 unspecified atom stereocenters. The van der Waals surface area contributed by atoms with Crippen molar-refractivity contribution in [2.75, 3.05) is 0 Å². The topological polar surface area (TPSA) is 17.1 Å². The number of hydrogen-bond acceptors (Lipinski definition) is 1. The van der Waals surface area contributed by atoms with Gasteiger partial charge in [-0.05, 0) is 68.1 Å². The van der Waals surface area contributed by atoms with Gasteiger partial charge in [0.05, 0.1) is 0 Å². The Hall–Kier alpha value is -0.330. The third kappa shape index (κ3) is 3.90. The van der Waals surface area contributed by atoms with Crippen molar-refractivity contribution in [1.29, 1.82) is 0 Å². The zero-order chi connectivity index (χ0) is 14.7. The predicted molar refractivity (Wildman–Crippen MR) is 88.2 cm³/mol. The highest BCUT2D eigenvalue weighted by molar-refractivity contribution is 5.79. The smallest absolute Gasteiger partial charge is 0.133 e. The maximum atomic E-state index is 12.4. The summed E-state index contributed by atoms with van der Waals surface area (Å²) < 4.78 is 0. The summed E-state index contributed by atoms with van der Waals surface area (Å²) in [6.45, 7) is 2.26. The van der Waals surface area contributed by atoms with E-state index in [0.717, 1.165) is 37.0 Å². The summed E-state index contributed by atoms with van der Waals surface area (Å²) in [6, 6.07) is 0. The van der Waals surface area contributed by atoms with Crippen molar-refractivity contribution in [3.63, 3.8) is 0 Å². The minimum absolute atomic E-state index is 0.466. The van der Waals surface area contributed by atoms with E-state index in [1.54, 1.807) is 0 Å². The summed E-state index contributed by atoms with van der Waals surface area (Å²) in [5, 5.41) is 0. The molecule has 4 rings (SSSR count). The van der Waals surface area contributed by atoms with E-state index in [-0.39, 0.29) is 0 Å². The molecule has 0 atom stereocenters. The zero-order valence-corrected chi connectivity index (χ0v) is 14.0. The van der Waals surface area contributed by atoms with Crippen molar-refractivity contribution < 1.29 is 4.79 Å². The summed E-state index contributed by atoms with van der Waals surface area (Å²) in [5.74, 6) is 3.54. The number of Topliss-reactive ketones (excluding diaryl/α,β-unsaturated/α-hetero) is 1. The van der Waals surface area contributed by atoms with E-state index in [0.29, 0.717) is 11.2 Å². The van der Waals surface area contributed by atoms with Gasteiger partial charge < -0.3 is 0 Å². The van der Waals surface area contributed by atoms with Gasteiger partial charge in [0.1, 0.15) is 5.78 Å².